The Morgan fingerprint density at radius 3 is 2.88 bits per heavy atom. The van der Waals surface area contributed by atoms with E-state index in [1.807, 2.05) is 19.1 Å². The molecule has 2 aromatic heterocycles. The van der Waals surface area contributed by atoms with E-state index in [4.69, 9.17) is 4.74 Å². The van der Waals surface area contributed by atoms with Crippen LogP contribution >= 0.6 is 11.3 Å². The fourth-order valence-corrected chi connectivity index (χ4v) is 1.99. The lowest BCUT2D eigenvalue weighted by molar-refractivity contribution is 0.398. The van der Waals surface area contributed by atoms with E-state index in [2.05, 4.69) is 20.5 Å². The Labute approximate surface area is 97.5 Å². The summed E-state index contributed by atoms with van der Waals surface area (Å²) in [5, 5.41) is 12.9. The van der Waals surface area contributed by atoms with Crippen LogP contribution < -0.4 is 10.1 Å². The number of rotatable bonds is 4. The standard InChI is InChI=1S/C10H12N4OS/c1-3-11-10-14-13-9(16-10)7-4-5-8(15-2)12-6-7/h4-6H,3H2,1-2H3,(H,11,14). The van der Waals surface area contributed by atoms with Crippen molar-refractivity contribution >= 4 is 16.5 Å². The smallest absolute Gasteiger partial charge is 0.212 e. The first-order valence-corrected chi connectivity index (χ1v) is 5.73. The van der Waals surface area contributed by atoms with Gasteiger partial charge in [0, 0.05) is 24.4 Å². The number of nitrogens with zero attached hydrogens (tertiary/aromatic N) is 3. The summed E-state index contributed by atoms with van der Waals surface area (Å²) in [6.45, 7) is 2.87. The number of nitrogens with one attached hydrogen (secondary N) is 1. The molecule has 0 bridgehead atoms. The second kappa shape index (κ2) is 4.89. The van der Waals surface area contributed by atoms with Gasteiger partial charge >= 0.3 is 0 Å². The van der Waals surface area contributed by atoms with Crippen LogP contribution in [0.15, 0.2) is 18.3 Å². The quantitative estimate of drug-likeness (QED) is 0.880. The summed E-state index contributed by atoms with van der Waals surface area (Å²) in [6.07, 6.45) is 1.73. The number of methoxy groups -OCH3 is 1. The Morgan fingerprint density at radius 2 is 2.25 bits per heavy atom. The van der Waals surface area contributed by atoms with Crippen molar-refractivity contribution in [3.05, 3.63) is 18.3 Å². The monoisotopic (exact) mass is 236 g/mol. The van der Waals surface area contributed by atoms with Gasteiger partial charge in [-0.15, -0.1) is 10.2 Å². The number of hydrogen-bond acceptors (Lipinski definition) is 6. The fraction of sp³-hybridized carbons (Fsp3) is 0.300. The molecule has 0 aromatic carbocycles. The molecule has 2 rings (SSSR count). The molecule has 2 heterocycles. The van der Waals surface area contributed by atoms with Gasteiger partial charge in [-0.2, -0.15) is 0 Å². The van der Waals surface area contributed by atoms with Gasteiger partial charge in [-0.25, -0.2) is 4.98 Å². The molecule has 0 saturated carbocycles. The molecule has 5 nitrogen and oxygen atoms in total. The number of pyridine rings is 1. The molecule has 0 unspecified atom stereocenters. The maximum Gasteiger partial charge on any atom is 0.212 e. The minimum Gasteiger partial charge on any atom is -0.481 e. The molecule has 0 aliphatic rings. The minimum absolute atomic E-state index is 0.597. The van der Waals surface area contributed by atoms with Crippen LogP contribution in [0.4, 0.5) is 5.13 Å². The molecular formula is C10H12N4OS. The molecule has 0 spiro atoms. The number of hydrogen-bond donors (Lipinski definition) is 1. The molecule has 0 radical (unpaired) electrons. The first-order chi connectivity index (χ1) is 7.83. The van der Waals surface area contributed by atoms with Crippen molar-refractivity contribution in [2.24, 2.45) is 0 Å². The van der Waals surface area contributed by atoms with E-state index in [-0.39, 0.29) is 0 Å². The van der Waals surface area contributed by atoms with E-state index in [0.29, 0.717) is 5.88 Å². The minimum atomic E-state index is 0.597. The highest BCUT2D eigenvalue weighted by atomic mass is 32.1. The second-order valence-electron chi connectivity index (χ2n) is 3.03. The average molecular weight is 236 g/mol. The summed E-state index contributed by atoms with van der Waals surface area (Å²) in [6, 6.07) is 3.73. The summed E-state index contributed by atoms with van der Waals surface area (Å²) in [7, 11) is 1.59. The SMILES string of the molecule is CCNc1nnc(-c2ccc(OC)nc2)s1. The predicted octanol–water partition coefficient (Wildman–Crippen LogP) is 2.04. The van der Waals surface area contributed by atoms with Crippen molar-refractivity contribution in [3.8, 4) is 16.5 Å². The zero-order valence-corrected chi connectivity index (χ0v) is 9.91. The molecule has 0 atom stereocenters. The van der Waals surface area contributed by atoms with E-state index in [1.54, 1.807) is 13.3 Å². The van der Waals surface area contributed by atoms with E-state index >= 15 is 0 Å². The average Bonchev–Trinajstić information content (AvgIpc) is 2.78. The molecular weight excluding hydrogens is 224 g/mol. The third-order valence-corrected chi connectivity index (χ3v) is 2.88. The Kier molecular flexibility index (Phi) is 3.31. The highest BCUT2D eigenvalue weighted by molar-refractivity contribution is 7.18. The van der Waals surface area contributed by atoms with Crippen LogP contribution in [0, 0.1) is 0 Å². The van der Waals surface area contributed by atoms with E-state index in [0.717, 1.165) is 22.2 Å². The third kappa shape index (κ3) is 2.27. The van der Waals surface area contributed by atoms with Crippen LogP contribution in [-0.2, 0) is 0 Å². The van der Waals surface area contributed by atoms with Crippen molar-refractivity contribution in [2.75, 3.05) is 19.0 Å². The summed E-state index contributed by atoms with van der Waals surface area (Å²) in [5.41, 5.74) is 0.947. The van der Waals surface area contributed by atoms with Gasteiger partial charge in [0.25, 0.3) is 0 Å². The molecule has 2 aromatic rings. The molecule has 0 saturated heterocycles. The van der Waals surface area contributed by atoms with Crippen LogP contribution in [0.3, 0.4) is 0 Å². The summed E-state index contributed by atoms with van der Waals surface area (Å²) in [5.74, 6) is 0.597. The van der Waals surface area contributed by atoms with Gasteiger partial charge < -0.3 is 10.1 Å². The van der Waals surface area contributed by atoms with Gasteiger partial charge in [-0.05, 0) is 13.0 Å². The maximum atomic E-state index is 4.99. The van der Waals surface area contributed by atoms with Crippen LogP contribution in [-0.4, -0.2) is 28.8 Å². The number of anilines is 1. The number of aromatic nitrogens is 3. The third-order valence-electron chi connectivity index (χ3n) is 1.95. The van der Waals surface area contributed by atoms with Gasteiger partial charge in [0.2, 0.25) is 11.0 Å². The maximum absolute atomic E-state index is 4.99. The van der Waals surface area contributed by atoms with Crippen LogP contribution in [0.2, 0.25) is 0 Å². The second-order valence-corrected chi connectivity index (χ2v) is 4.01. The van der Waals surface area contributed by atoms with Gasteiger partial charge in [-0.1, -0.05) is 11.3 Å². The van der Waals surface area contributed by atoms with Crippen molar-refractivity contribution in [1.82, 2.24) is 15.2 Å². The van der Waals surface area contributed by atoms with E-state index in [9.17, 15) is 0 Å². The molecule has 6 heteroatoms. The van der Waals surface area contributed by atoms with Crippen molar-refractivity contribution in [2.45, 2.75) is 6.92 Å². The normalized spacial score (nSPS) is 10.1. The molecule has 84 valence electrons. The highest BCUT2D eigenvalue weighted by Crippen LogP contribution is 2.26. The zero-order chi connectivity index (χ0) is 11.4. The van der Waals surface area contributed by atoms with Crippen LogP contribution in [0.5, 0.6) is 5.88 Å². The first-order valence-electron chi connectivity index (χ1n) is 4.91. The molecule has 0 aliphatic heterocycles. The molecule has 1 N–H and O–H groups in total. The van der Waals surface area contributed by atoms with E-state index < -0.39 is 0 Å². The van der Waals surface area contributed by atoms with Gasteiger partial charge in [0.15, 0.2) is 5.01 Å². The Morgan fingerprint density at radius 1 is 1.38 bits per heavy atom. The zero-order valence-electron chi connectivity index (χ0n) is 9.10. The lowest BCUT2D eigenvalue weighted by atomic mass is 10.3. The lowest BCUT2D eigenvalue weighted by Crippen LogP contribution is -1.94. The van der Waals surface area contributed by atoms with Crippen molar-refractivity contribution in [3.63, 3.8) is 0 Å². The van der Waals surface area contributed by atoms with Gasteiger partial charge in [0.05, 0.1) is 7.11 Å². The molecule has 0 aliphatic carbocycles. The lowest BCUT2D eigenvalue weighted by Gasteiger charge is -1.98. The summed E-state index contributed by atoms with van der Waals surface area (Å²) < 4.78 is 4.99. The Bertz CT molecular complexity index is 454. The Balaban J connectivity index is 2.21. The molecule has 16 heavy (non-hydrogen) atoms. The van der Waals surface area contributed by atoms with Crippen molar-refractivity contribution < 1.29 is 4.74 Å². The van der Waals surface area contributed by atoms with Crippen LogP contribution in [0.1, 0.15) is 6.92 Å². The number of ether oxygens (including phenoxy) is 1. The van der Waals surface area contributed by atoms with Crippen molar-refractivity contribution in [1.29, 1.82) is 0 Å². The highest BCUT2D eigenvalue weighted by Gasteiger charge is 2.06. The first kappa shape index (κ1) is 10.8. The summed E-state index contributed by atoms with van der Waals surface area (Å²) in [4.78, 5) is 4.13. The molecule has 0 fully saturated rings. The Hall–Kier alpha value is -1.69. The molecule has 0 amide bonds. The van der Waals surface area contributed by atoms with Crippen LogP contribution in [0.25, 0.3) is 10.6 Å². The fourth-order valence-electron chi connectivity index (χ4n) is 1.19. The largest absolute Gasteiger partial charge is 0.481 e. The van der Waals surface area contributed by atoms with Gasteiger partial charge in [0.1, 0.15) is 0 Å². The summed E-state index contributed by atoms with van der Waals surface area (Å²) >= 11 is 1.51. The topological polar surface area (TPSA) is 59.9 Å². The predicted molar refractivity (Wildman–Crippen MR) is 63.9 cm³/mol. The van der Waals surface area contributed by atoms with E-state index in [1.165, 1.54) is 11.3 Å². The van der Waals surface area contributed by atoms with Gasteiger partial charge in [-0.3, -0.25) is 0 Å².